The molecule has 62 valence electrons. The van der Waals surface area contributed by atoms with Crippen molar-refractivity contribution in [3.05, 3.63) is 18.7 Å². The maximum Gasteiger partial charge on any atom is 0.323 e. The molecule has 4 nitrogen and oxygen atoms in total. The average Bonchev–Trinajstić information content (AvgIpc) is 2.38. The third-order valence-corrected chi connectivity index (χ3v) is 1.14. The van der Waals surface area contributed by atoms with Gasteiger partial charge in [-0.2, -0.15) is 0 Å². The molecule has 1 heterocycles. The van der Waals surface area contributed by atoms with E-state index in [-0.39, 0.29) is 0 Å². The van der Waals surface area contributed by atoms with Gasteiger partial charge in [-0.25, -0.2) is 0 Å². The van der Waals surface area contributed by atoms with Gasteiger partial charge in [0.05, 0.1) is 0 Å². The third kappa shape index (κ3) is 2.14. The number of aromatic nitrogens is 2. The van der Waals surface area contributed by atoms with Crippen molar-refractivity contribution in [1.29, 1.82) is 0 Å². The largest absolute Gasteiger partial charge is 0.336 e. The molecule has 0 bridgehead atoms. The third-order valence-electron chi connectivity index (χ3n) is 1.14. The standard InChI is InChI=1S/C7H13N2O2/c1-3-10-8-5-6-9(7-8)11-4-2/h5-7H,3-4H2,1-2H3/q+1. The van der Waals surface area contributed by atoms with E-state index in [1.54, 1.807) is 28.2 Å². The van der Waals surface area contributed by atoms with Gasteiger partial charge in [0.15, 0.2) is 12.4 Å². The molecule has 0 aliphatic rings. The van der Waals surface area contributed by atoms with E-state index in [2.05, 4.69) is 0 Å². The molecule has 0 radical (unpaired) electrons. The van der Waals surface area contributed by atoms with E-state index in [0.717, 1.165) is 0 Å². The van der Waals surface area contributed by atoms with Crippen LogP contribution in [0.4, 0.5) is 0 Å². The zero-order chi connectivity index (χ0) is 8.10. The van der Waals surface area contributed by atoms with Crippen LogP contribution in [0.1, 0.15) is 13.8 Å². The molecule has 0 spiro atoms. The van der Waals surface area contributed by atoms with Crippen molar-refractivity contribution < 1.29 is 14.4 Å². The fourth-order valence-electron chi connectivity index (χ4n) is 0.771. The highest BCUT2D eigenvalue weighted by molar-refractivity contribution is 4.59. The minimum Gasteiger partial charge on any atom is -0.336 e. The maximum absolute atomic E-state index is 5.15. The Morgan fingerprint density at radius 2 is 2.18 bits per heavy atom. The molecule has 4 heteroatoms. The minimum absolute atomic E-state index is 0.654. The summed E-state index contributed by atoms with van der Waals surface area (Å²) in [5.41, 5.74) is 0. The van der Waals surface area contributed by atoms with E-state index in [1.807, 2.05) is 13.8 Å². The zero-order valence-electron chi connectivity index (χ0n) is 6.86. The lowest BCUT2D eigenvalue weighted by Crippen LogP contribution is -2.40. The lowest BCUT2D eigenvalue weighted by molar-refractivity contribution is -0.891. The van der Waals surface area contributed by atoms with Gasteiger partial charge in [-0.05, 0) is 23.3 Å². The molecule has 0 aliphatic heterocycles. The fourth-order valence-corrected chi connectivity index (χ4v) is 0.771. The molecule has 0 aromatic carbocycles. The van der Waals surface area contributed by atoms with Gasteiger partial charge < -0.3 is 9.68 Å². The van der Waals surface area contributed by atoms with Gasteiger partial charge in [-0.3, -0.25) is 0 Å². The monoisotopic (exact) mass is 157 g/mol. The number of rotatable bonds is 4. The van der Waals surface area contributed by atoms with Crippen LogP contribution in [0.2, 0.25) is 0 Å². The molecule has 0 atom stereocenters. The smallest absolute Gasteiger partial charge is 0.323 e. The predicted octanol–water partition coefficient (Wildman–Crippen LogP) is -0.327. The summed E-state index contributed by atoms with van der Waals surface area (Å²) in [4.78, 5) is 10.3. The van der Waals surface area contributed by atoms with E-state index in [0.29, 0.717) is 13.2 Å². The van der Waals surface area contributed by atoms with Gasteiger partial charge in [0, 0.05) is 0 Å². The van der Waals surface area contributed by atoms with Crippen LogP contribution in [0.3, 0.4) is 0 Å². The summed E-state index contributed by atoms with van der Waals surface area (Å²) in [6.07, 6.45) is 5.31. The Morgan fingerprint density at radius 1 is 1.36 bits per heavy atom. The highest BCUT2D eigenvalue weighted by atomic mass is 16.7. The molecule has 1 aromatic rings. The Bertz CT molecular complexity index is 189. The van der Waals surface area contributed by atoms with Crippen LogP contribution in [-0.4, -0.2) is 17.9 Å². The molecule has 0 saturated heterocycles. The van der Waals surface area contributed by atoms with Gasteiger partial charge in [0.1, 0.15) is 13.2 Å². The summed E-state index contributed by atoms with van der Waals surface area (Å²) >= 11 is 0. The van der Waals surface area contributed by atoms with E-state index in [9.17, 15) is 0 Å². The van der Waals surface area contributed by atoms with Crippen molar-refractivity contribution in [2.24, 2.45) is 0 Å². The molecule has 11 heavy (non-hydrogen) atoms. The second kappa shape index (κ2) is 3.85. The molecule has 0 N–H and O–H groups in total. The number of hydrogen-bond acceptors (Lipinski definition) is 2. The molecule has 0 unspecified atom stereocenters. The Labute approximate surface area is 65.9 Å². The molecule has 0 saturated carbocycles. The zero-order valence-corrected chi connectivity index (χ0v) is 6.86. The van der Waals surface area contributed by atoms with Gasteiger partial charge in [-0.15, -0.1) is 0 Å². The van der Waals surface area contributed by atoms with Crippen LogP contribution in [0.15, 0.2) is 18.7 Å². The van der Waals surface area contributed by atoms with E-state index in [1.165, 1.54) is 0 Å². The molecule has 1 aromatic heterocycles. The van der Waals surface area contributed by atoms with Gasteiger partial charge in [-0.1, -0.05) is 0 Å². The number of nitrogens with zero attached hydrogens (tertiary/aromatic N) is 2. The molecular weight excluding hydrogens is 144 g/mol. The van der Waals surface area contributed by atoms with Crippen LogP contribution in [0, 0.1) is 0 Å². The Kier molecular flexibility index (Phi) is 2.77. The normalized spacial score (nSPS) is 9.64. The second-order valence-electron chi connectivity index (χ2n) is 1.97. The van der Waals surface area contributed by atoms with Crippen LogP contribution >= 0.6 is 0 Å². The van der Waals surface area contributed by atoms with Gasteiger partial charge in [0.2, 0.25) is 0 Å². The molecule has 1 rings (SSSR count). The van der Waals surface area contributed by atoms with E-state index >= 15 is 0 Å². The first-order valence-electron chi connectivity index (χ1n) is 3.72. The van der Waals surface area contributed by atoms with Crippen LogP contribution in [0.25, 0.3) is 0 Å². The van der Waals surface area contributed by atoms with Crippen molar-refractivity contribution in [3.8, 4) is 0 Å². The Hall–Kier alpha value is -1.19. The van der Waals surface area contributed by atoms with Crippen molar-refractivity contribution in [3.63, 3.8) is 0 Å². The lowest BCUT2D eigenvalue weighted by atomic mass is 10.9. The summed E-state index contributed by atoms with van der Waals surface area (Å²) in [6, 6.07) is 0. The topological polar surface area (TPSA) is 27.3 Å². The number of hydrogen-bond donors (Lipinski definition) is 0. The molecule has 0 amide bonds. The first-order chi connectivity index (χ1) is 5.36. The van der Waals surface area contributed by atoms with Crippen LogP contribution in [0.5, 0.6) is 0 Å². The highest BCUT2D eigenvalue weighted by Gasteiger charge is 2.02. The first kappa shape index (κ1) is 7.91. The first-order valence-corrected chi connectivity index (χ1v) is 3.72. The van der Waals surface area contributed by atoms with E-state index in [4.69, 9.17) is 9.68 Å². The van der Waals surface area contributed by atoms with Crippen LogP contribution in [-0.2, 0) is 0 Å². The predicted molar refractivity (Wildman–Crippen MR) is 38.9 cm³/mol. The number of imidazole rings is 1. The molecule has 0 fully saturated rings. The molecular formula is C7H13N2O2+. The van der Waals surface area contributed by atoms with Crippen LogP contribution < -0.4 is 14.4 Å². The van der Waals surface area contributed by atoms with Crippen molar-refractivity contribution in [1.82, 2.24) is 4.73 Å². The summed E-state index contributed by atoms with van der Waals surface area (Å²) in [7, 11) is 0. The quantitative estimate of drug-likeness (QED) is 0.560. The van der Waals surface area contributed by atoms with Crippen molar-refractivity contribution in [2.45, 2.75) is 13.8 Å². The van der Waals surface area contributed by atoms with E-state index < -0.39 is 0 Å². The summed E-state index contributed by atoms with van der Waals surface area (Å²) in [5.74, 6) is 0. The highest BCUT2D eigenvalue weighted by Crippen LogP contribution is 1.77. The van der Waals surface area contributed by atoms with Gasteiger partial charge in [0.25, 0.3) is 0 Å². The lowest BCUT2D eigenvalue weighted by Gasteiger charge is -1.93. The summed E-state index contributed by atoms with van der Waals surface area (Å²) in [5, 5.41) is 0. The van der Waals surface area contributed by atoms with Crippen molar-refractivity contribution in [2.75, 3.05) is 13.2 Å². The Balaban J connectivity index is 2.51. The second-order valence-corrected chi connectivity index (χ2v) is 1.97. The summed E-state index contributed by atoms with van der Waals surface area (Å²) in [6.45, 7) is 5.18. The Morgan fingerprint density at radius 3 is 2.82 bits per heavy atom. The minimum atomic E-state index is 0.654. The van der Waals surface area contributed by atoms with Crippen molar-refractivity contribution >= 4 is 0 Å². The maximum atomic E-state index is 5.15. The summed E-state index contributed by atoms with van der Waals surface area (Å²) < 4.78 is 3.21. The van der Waals surface area contributed by atoms with Gasteiger partial charge >= 0.3 is 6.33 Å². The average molecular weight is 157 g/mol. The fraction of sp³-hybridized carbons (Fsp3) is 0.571. The SMILES string of the molecule is CCOn1cc[n+](OCC)c1. The molecule has 0 aliphatic carbocycles.